The number of non-ortho nitro benzene ring substituents is 1. The second-order valence-corrected chi connectivity index (χ2v) is 7.22. The Morgan fingerprint density at radius 1 is 1.41 bits per heavy atom. The zero-order valence-electron chi connectivity index (χ0n) is 15.3. The van der Waals surface area contributed by atoms with Crippen LogP contribution in [0.4, 0.5) is 15.8 Å². The Bertz CT molecular complexity index is 918. The van der Waals surface area contributed by atoms with Gasteiger partial charge in [-0.1, -0.05) is 26.3 Å². The minimum absolute atomic E-state index is 0.0208. The minimum Gasteiger partial charge on any atom is -0.453 e. The number of rotatable bonds is 7. The molecular weight excluding hydrogens is 367 g/mol. The molecule has 0 fully saturated rings. The molecule has 0 aliphatic carbocycles. The number of fused-ring (bicyclic) bond motifs is 1. The predicted octanol–water partition coefficient (Wildman–Crippen LogP) is 6.23. The zero-order chi connectivity index (χ0) is 19.4. The van der Waals surface area contributed by atoms with Crippen LogP contribution in [0.5, 0.6) is 5.75 Å². The molecule has 2 heterocycles. The van der Waals surface area contributed by atoms with E-state index in [2.05, 4.69) is 31.3 Å². The smallest absolute Gasteiger partial charge is 0.272 e. The first kappa shape index (κ1) is 19.1. The van der Waals surface area contributed by atoms with Gasteiger partial charge in [0.1, 0.15) is 5.76 Å². The maximum absolute atomic E-state index is 14.2. The SMILES string of the molecule is CC/C=C(\CCC)c1cc2c(s1)C(Oc1ccc([N+](=O)[O-])cc1F)=CCN2. The van der Waals surface area contributed by atoms with Gasteiger partial charge in [0.2, 0.25) is 0 Å². The number of nitrogens with zero attached hydrogens (tertiary/aromatic N) is 1. The first-order valence-corrected chi connectivity index (χ1v) is 9.74. The molecule has 7 heteroatoms. The van der Waals surface area contributed by atoms with Crippen LogP contribution < -0.4 is 10.1 Å². The molecule has 0 bridgehead atoms. The molecule has 0 spiro atoms. The topological polar surface area (TPSA) is 64.4 Å². The number of ether oxygens (including phenoxy) is 1. The second kappa shape index (κ2) is 8.35. The Kier molecular flexibility index (Phi) is 5.91. The number of halogens is 1. The van der Waals surface area contributed by atoms with Gasteiger partial charge in [-0.05, 0) is 36.6 Å². The Morgan fingerprint density at radius 2 is 2.22 bits per heavy atom. The number of nitro groups is 1. The number of nitro benzene ring substituents is 1. The lowest BCUT2D eigenvalue weighted by Gasteiger charge is -2.16. The van der Waals surface area contributed by atoms with Crippen molar-refractivity contribution in [2.24, 2.45) is 0 Å². The highest BCUT2D eigenvalue weighted by atomic mass is 32.1. The average Bonchev–Trinajstić information content (AvgIpc) is 3.08. The summed E-state index contributed by atoms with van der Waals surface area (Å²) in [5.41, 5.74) is 1.97. The van der Waals surface area contributed by atoms with Crippen LogP contribution in [0.25, 0.3) is 11.3 Å². The molecule has 1 aliphatic rings. The third kappa shape index (κ3) is 4.19. The van der Waals surface area contributed by atoms with E-state index in [0.29, 0.717) is 12.3 Å². The summed E-state index contributed by atoms with van der Waals surface area (Å²) in [6.45, 7) is 4.85. The molecule has 0 atom stereocenters. The Balaban J connectivity index is 1.89. The number of thiophene rings is 1. The third-order valence-corrected chi connectivity index (χ3v) is 5.39. The van der Waals surface area contributed by atoms with Crippen molar-refractivity contribution in [1.29, 1.82) is 0 Å². The summed E-state index contributed by atoms with van der Waals surface area (Å²) < 4.78 is 20.0. The zero-order valence-corrected chi connectivity index (χ0v) is 16.1. The van der Waals surface area contributed by atoms with Gasteiger partial charge >= 0.3 is 0 Å². The molecule has 0 amide bonds. The molecule has 1 aliphatic heterocycles. The minimum atomic E-state index is -0.750. The number of hydrogen-bond acceptors (Lipinski definition) is 5. The summed E-state index contributed by atoms with van der Waals surface area (Å²) in [6, 6.07) is 5.52. The van der Waals surface area contributed by atoms with Gasteiger partial charge in [-0.15, -0.1) is 11.3 Å². The van der Waals surface area contributed by atoms with Gasteiger partial charge < -0.3 is 10.1 Å². The summed E-state index contributed by atoms with van der Waals surface area (Å²) in [7, 11) is 0. The van der Waals surface area contributed by atoms with E-state index < -0.39 is 10.7 Å². The molecule has 1 N–H and O–H groups in total. The van der Waals surface area contributed by atoms with Gasteiger partial charge in [0.05, 0.1) is 21.6 Å². The van der Waals surface area contributed by atoms with E-state index >= 15 is 0 Å². The molecule has 0 unspecified atom stereocenters. The molecule has 0 saturated carbocycles. The first-order chi connectivity index (χ1) is 13.0. The Hall–Kier alpha value is -2.67. The van der Waals surface area contributed by atoms with Crippen LogP contribution in [-0.4, -0.2) is 11.5 Å². The summed E-state index contributed by atoms with van der Waals surface area (Å²) in [5.74, 6) is -0.202. The van der Waals surface area contributed by atoms with Gasteiger partial charge in [0, 0.05) is 17.5 Å². The largest absolute Gasteiger partial charge is 0.453 e. The number of anilines is 1. The van der Waals surface area contributed by atoms with Gasteiger partial charge in [-0.2, -0.15) is 0 Å². The lowest BCUT2D eigenvalue weighted by Crippen LogP contribution is -2.09. The fourth-order valence-corrected chi connectivity index (χ4v) is 4.12. The first-order valence-electron chi connectivity index (χ1n) is 8.92. The molecule has 1 aromatic carbocycles. The van der Waals surface area contributed by atoms with E-state index in [-0.39, 0.29) is 11.4 Å². The number of hydrogen-bond donors (Lipinski definition) is 1. The van der Waals surface area contributed by atoms with Crippen LogP contribution in [0.2, 0.25) is 0 Å². The summed E-state index contributed by atoms with van der Waals surface area (Å²) in [4.78, 5) is 12.2. The molecule has 0 saturated heterocycles. The summed E-state index contributed by atoms with van der Waals surface area (Å²) in [6.07, 6.45) is 7.13. The molecule has 2 aromatic rings. The van der Waals surface area contributed by atoms with E-state index in [4.69, 9.17) is 4.74 Å². The van der Waals surface area contributed by atoms with Crippen molar-refractivity contribution in [3.63, 3.8) is 0 Å². The third-order valence-electron chi connectivity index (χ3n) is 4.17. The van der Waals surface area contributed by atoms with Crippen molar-refractivity contribution >= 4 is 34.0 Å². The number of benzene rings is 1. The highest BCUT2D eigenvalue weighted by Crippen LogP contribution is 2.41. The second-order valence-electron chi connectivity index (χ2n) is 6.16. The van der Waals surface area contributed by atoms with Crippen molar-refractivity contribution in [1.82, 2.24) is 0 Å². The van der Waals surface area contributed by atoms with Crippen LogP contribution >= 0.6 is 11.3 Å². The molecule has 1 aromatic heterocycles. The molecule has 0 radical (unpaired) electrons. The molecule has 142 valence electrons. The number of allylic oxidation sites excluding steroid dienone is 2. The van der Waals surface area contributed by atoms with E-state index in [1.54, 1.807) is 11.3 Å². The van der Waals surface area contributed by atoms with E-state index in [0.717, 1.165) is 35.9 Å². The normalized spacial score (nSPS) is 13.6. The van der Waals surface area contributed by atoms with Crippen LogP contribution in [-0.2, 0) is 0 Å². The monoisotopic (exact) mass is 388 g/mol. The fraction of sp³-hybridized carbons (Fsp3) is 0.300. The van der Waals surface area contributed by atoms with E-state index in [1.165, 1.54) is 22.6 Å². The van der Waals surface area contributed by atoms with Crippen molar-refractivity contribution in [3.05, 3.63) is 62.1 Å². The van der Waals surface area contributed by atoms with Gasteiger partial charge in [0.25, 0.3) is 5.69 Å². The standard InChI is InChI=1S/C20H21FN2O3S/c1-3-5-13(6-4-2)19-12-16-20(27-19)18(9-10-22-16)26-17-8-7-14(23(24)25)11-15(17)21/h5,7-9,11-12,22H,3-4,6,10H2,1-2H3/b13-5+. The average molecular weight is 388 g/mol. The summed E-state index contributed by atoms with van der Waals surface area (Å²) >= 11 is 1.61. The fourth-order valence-electron chi connectivity index (χ4n) is 2.94. The van der Waals surface area contributed by atoms with Crippen LogP contribution in [0.3, 0.4) is 0 Å². The lowest BCUT2D eigenvalue weighted by atomic mass is 10.1. The van der Waals surface area contributed by atoms with Crippen molar-refractivity contribution < 1.29 is 14.1 Å². The molecule has 5 nitrogen and oxygen atoms in total. The molecular formula is C20H21FN2O3S. The molecule has 3 rings (SSSR count). The maximum Gasteiger partial charge on any atom is 0.272 e. The maximum atomic E-state index is 14.2. The van der Waals surface area contributed by atoms with Gasteiger partial charge in [0.15, 0.2) is 11.6 Å². The Labute approximate surface area is 161 Å². The number of nitrogens with one attached hydrogen (secondary N) is 1. The van der Waals surface area contributed by atoms with Gasteiger partial charge in [-0.3, -0.25) is 10.1 Å². The van der Waals surface area contributed by atoms with Gasteiger partial charge in [-0.25, -0.2) is 4.39 Å². The van der Waals surface area contributed by atoms with E-state index in [9.17, 15) is 14.5 Å². The summed E-state index contributed by atoms with van der Waals surface area (Å²) in [5, 5.41) is 14.1. The predicted molar refractivity (Wildman–Crippen MR) is 108 cm³/mol. The van der Waals surface area contributed by atoms with Crippen molar-refractivity contribution in [3.8, 4) is 5.75 Å². The highest BCUT2D eigenvalue weighted by molar-refractivity contribution is 7.14. The quantitative estimate of drug-likeness (QED) is 0.451. The molecule has 27 heavy (non-hydrogen) atoms. The van der Waals surface area contributed by atoms with Crippen LogP contribution in [0, 0.1) is 15.9 Å². The lowest BCUT2D eigenvalue weighted by molar-refractivity contribution is -0.385. The van der Waals surface area contributed by atoms with E-state index in [1.807, 2.05) is 6.08 Å². The van der Waals surface area contributed by atoms with Crippen molar-refractivity contribution in [2.45, 2.75) is 33.1 Å². The highest BCUT2D eigenvalue weighted by Gasteiger charge is 2.21. The van der Waals surface area contributed by atoms with Crippen LogP contribution in [0.1, 0.15) is 42.9 Å². The van der Waals surface area contributed by atoms with Crippen LogP contribution in [0.15, 0.2) is 36.4 Å². The van der Waals surface area contributed by atoms with Crippen molar-refractivity contribution in [2.75, 3.05) is 11.9 Å². The Morgan fingerprint density at radius 3 is 2.89 bits per heavy atom.